The highest BCUT2D eigenvalue weighted by atomic mass is 16.6. The van der Waals surface area contributed by atoms with Gasteiger partial charge in [-0.1, -0.05) is 50.5 Å². The van der Waals surface area contributed by atoms with Crippen LogP contribution in [-0.2, 0) is 19.1 Å². The summed E-state index contributed by atoms with van der Waals surface area (Å²) in [5.41, 5.74) is 5.63. The lowest BCUT2D eigenvalue weighted by atomic mass is 9.96. The lowest BCUT2D eigenvalue weighted by molar-refractivity contribution is -0.143. The number of hydrogen-bond donors (Lipinski definition) is 3. The van der Waals surface area contributed by atoms with Crippen molar-refractivity contribution in [2.45, 2.75) is 117 Å². The molecule has 214 valence electrons. The standard InChI is InChI=1S/C29H48N4O5/c1-9-10-11-14-19-33(24(25(35)32-28(3,4)5)21-16-13-12-15-20(21)2)26(36)22(17-18-23(30)34)31-27(37)38-29(6,7)8/h12-13,15-16,22,24H,9-11,14,17-19H2,1-8H3,(H2,30,34)(H,31,37)(H,32,35). The van der Waals surface area contributed by atoms with Crippen LogP contribution >= 0.6 is 0 Å². The molecule has 38 heavy (non-hydrogen) atoms. The summed E-state index contributed by atoms with van der Waals surface area (Å²) >= 11 is 0. The largest absolute Gasteiger partial charge is 0.444 e. The molecular formula is C29H48N4O5. The lowest BCUT2D eigenvalue weighted by Crippen LogP contribution is -2.55. The summed E-state index contributed by atoms with van der Waals surface area (Å²) in [6.45, 7) is 15.1. The minimum atomic E-state index is -1.10. The third-order valence-corrected chi connectivity index (χ3v) is 5.75. The first kappa shape index (κ1) is 32.9. The number of alkyl carbamates (subject to hydrolysis) is 1. The van der Waals surface area contributed by atoms with Gasteiger partial charge in [0.05, 0.1) is 0 Å². The third-order valence-electron chi connectivity index (χ3n) is 5.75. The van der Waals surface area contributed by atoms with Crippen LogP contribution in [0.4, 0.5) is 4.79 Å². The van der Waals surface area contributed by atoms with Gasteiger partial charge >= 0.3 is 6.09 Å². The maximum atomic E-state index is 14.1. The Kier molecular flexibility index (Phi) is 12.8. The van der Waals surface area contributed by atoms with Crippen LogP contribution in [-0.4, -0.2) is 52.4 Å². The summed E-state index contributed by atoms with van der Waals surface area (Å²) < 4.78 is 5.38. The molecule has 4 amide bonds. The molecule has 0 aromatic heterocycles. The Labute approximate surface area is 228 Å². The van der Waals surface area contributed by atoms with Crippen LogP contribution in [0.5, 0.6) is 0 Å². The van der Waals surface area contributed by atoms with E-state index in [0.717, 1.165) is 24.8 Å². The first-order chi connectivity index (χ1) is 17.6. The van der Waals surface area contributed by atoms with E-state index in [1.165, 1.54) is 4.90 Å². The van der Waals surface area contributed by atoms with Crippen LogP contribution < -0.4 is 16.4 Å². The Morgan fingerprint density at radius 3 is 2.16 bits per heavy atom. The van der Waals surface area contributed by atoms with Gasteiger partial charge in [0.25, 0.3) is 0 Å². The number of unbranched alkanes of at least 4 members (excludes halogenated alkanes) is 3. The number of nitrogens with one attached hydrogen (secondary N) is 2. The van der Waals surface area contributed by atoms with Crippen molar-refractivity contribution in [3.05, 3.63) is 35.4 Å². The molecule has 9 heteroatoms. The first-order valence-corrected chi connectivity index (χ1v) is 13.5. The monoisotopic (exact) mass is 532 g/mol. The van der Waals surface area contributed by atoms with Gasteiger partial charge in [-0.05, 0) is 72.4 Å². The smallest absolute Gasteiger partial charge is 0.408 e. The van der Waals surface area contributed by atoms with Gasteiger partial charge in [-0.15, -0.1) is 0 Å². The summed E-state index contributed by atoms with van der Waals surface area (Å²) in [5, 5.41) is 5.65. The number of benzene rings is 1. The number of nitrogens with two attached hydrogens (primary N) is 1. The Bertz CT molecular complexity index is 949. The van der Waals surface area contributed by atoms with Gasteiger partial charge in [-0.3, -0.25) is 14.4 Å². The highest BCUT2D eigenvalue weighted by molar-refractivity contribution is 5.93. The SMILES string of the molecule is CCCCCCN(C(=O)C(CCC(N)=O)NC(=O)OC(C)(C)C)C(C(=O)NC(C)(C)C)c1ccccc1C. The molecule has 0 saturated carbocycles. The zero-order valence-corrected chi connectivity index (χ0v) is 24.5. The second kappa shape index (κ2) is 14.7. The van der Waals surface area contributed by atoms with Crippen molar-refractivity contribution >= 4 is 23.8 Å². The van der Waals surface area contributed by atoms with Crippen molar-refractivity contribution in [3.63, 3.8) is 0 Å². The average molecular weight is 533 g/mol. The summed E-state index contributed by atoms with van der Waals surface area (Å²) in [6, 6.07) is 5.43. The molecule has 0 aliphatic carbocycles. The topological polar surface area (TPSA) is 131 Å². The van der Waals surface area contributed by atoms with Gasteiger partial charge < -0.3 is 26.0 Å². The molecule has 0 aliphatic heterocycles. The molecule has 0 saturated heterocycles. The van der Waals surface area contributed by atoms with E-state index in [4.69, 9.17) is 10.5 Å². The van der Waals surface area contributed by atoms with E-state index in [1.807, 2.05) is 52.0 Å². The van der Waals surface area contributed by atoms with Gasteiger partial charge in [0, 0.05) is 18.5 Å². The van der Waals surface area contributed by atoms with E-state index in [1.54, 1.807) is 20.8 Å². The number of ether oxygens (including phenoxy) is 1. The molecule has 0 radical (unpaired) electrons. The Hall–Kier alpha value is -3.10. The van der Waals surface area contributed by atoms with Crippen LogP contribution in [0.15, 0.2) is 24.3 Å². The Morgan fingerprint density at radius 2 is 1.63 bits per heavy atom. The molecule has 9 nitrogen and oxygen atoms in total. The molecule has 1 aromatic rings. The van der Waals surface area contributed by atoms with Crippen molar-refractivity contribution in [3.8, 4) is 0 Å². The molecule has 4 N–H and O–H groups in total. The molecule has 2 unspecified atom stereocenters. The van der Waals surface area contributed by atoms with Gasteiger partial charge in [0.1, 0.15) is 17.7 Å². The van der Waals surface area contributed by atoms with Crippen molar-refractivity contribution in [1.82, 2.24) is 15.5 Å². The van der Waals surface area contributed by atoms with Crippen LogP contribution in [0.3, 0.4) is 0 Å². The fourth-order valence-electron chi connectivity index (χ4n) is 4.05. The number of rotatable bonds is 13. The summed E-state index contributed by atoms with van der Waals surface area (Å²) in [6.07, 6.45) is 2.66. The van der Waals surface area contributed by atoms with Gasteiger partial charge in [-0.25, -0.2) is 4.79 Å². The molecule has 0 aliphatic rings. The minimum Gasteiger partial charge on any atom is -0.444 e. The maximum Gasteiger partial charge on any atom is 0.408 e. The molecule has 2 atom stereocenters. The number of carbonyl (C=O) groups is 4. The van der Waals surface area contributed by atoms with Crippen LogP contribution in [0.25, 0.3) is 0 Å². The predicted molar refractivity (Wildman–Crippen MR) is 149 cm³/mol. The summed E-state index contributed by atoms with van der Waals surface area (Å²) in [4.78, 5) is 53.7. The lowest BCUT2D eigenvalue weighted by Gasteiger charge is -2.36. The van der Waals surface area contributed by atoms with E-state index in [0.29, 0.717) is 18.5 Å². The molecular weight excluding hydrogens is 484 g/mol. The highest BCUT2D eigenvalue weighted by Gasteiger charge is 2.37. The first-order valence-electron chi connectivity index (χ1n) is 13.5. The zero-order chi connectivity index (χ0) is 29.1. The minimum absolute atomic E-state index is 0.0136. The molecule has 1 rings (SSSR count). The molecule has 0 heterocycles. The number of amides is 4. The number of carbonyl (C=O) groups excluding carboxylic acids is 4. The molecule has 0 fully saturated rings. The quantitative estimate of drug-likeness (QED) is 0.322. The van der Waals surface area contributed by atoms with Crippen molar-refractivity contribution in [1.29, 1.82) is 0 Å². The predicted octanol–water partition coefficient (Wildman–Crippen LogP) is 4.52. The van der Waals surface area contributed by atoms with E-state index in [-0.39, 0.29) is 18.7 Å². The zero-order valence-electron chi connectivity index (χ0n) is 24.5. The normalized spacial score (nSPS) is 13.3. The second-order valence-corrected chi connectivity index (χ2v) is 11.8. The fraction of sp³-hybridized carbons (Fsp3) is 0.655. The summed E-state index contributed by atoms with van der Waals surface area (Å²) in [5.74, 6) is -1.38. The Morgan fingerprint density at radius 1 is 1.00 bits per heavy atom. The van der Waals surface area contributed by atoms with Crippen molar-refractivity contribution in [2.75, 3.05) is 6.54 Å². The number of nitrogens with zero attached hydrogens (tertiary/aromatic N) is 1. The third kappa shape index (κ3) is 12.0. The number of primary amides is 1. The van der Waals surface area contributed by atoms with Gasteiger partial charge in [-0.2, -0.15) is 0 Å². The van der Waals surface area contributed by atoms with Crippen LogP contribution in [0, 0.1) is 6.92 Å². The average Bonchev–Trinajstić information content (AvgIpc) is 2.76. The second-order valence-electron chi connectivity index (χ2n) is 11.8. The molecule has 1 aromatic carbocycles. The van der Waals surface area contributed by atoms with Crippen molar-refractivity contribution < 1.29 is 23.9 Å². The van der Waals surface area contributed by atoms with Crippen molar-refractivity contribution in [2.24, 2.45) is 5.73 Å². The number of aryl methyl sites for hydroxylation is 1. The number of hydrogen-bond acceptors (Lipinski definition) is 5. The summed E-state index contributed by atoms with van der Waals surface area (Å²) in [7, 11) is 0. The van der Waals surface area contributed by atoms with E-state index >= 15 is 0 Å². The Balaban J connectivity index is 3.55. The highest BCUT2D eigenvalue weighted by Crippen LogP contribution is 2.27. The van der Waals surface area contributed by atoms with E-state index in [2.05, 4.69) is 17.6 Å². The van der Waals surface area contributed by atoms with E-state index < -0.39 is 41.1 Å². The van der Waals surface area contributed by atoms with Crippen LogP contribution in [0.2, 0.25) is 0 Å². The molecule has 0 bridgehead atoms. The molecule has 0 spiro atoms. The van der Waals surface area contributed by atoms with Gasteiger partial charge in [0.15, 0.2) is 0 Å². The maximum absolute atomic E-state index is 14.1. The van der Waals surface area contributed by atoms with E-state index in [9.17, 15) is 19.2 Å². The fourth-order valence-corrected chi connectivity index (χ4v) is 4.05. The van der Waals surface area contributed by atoms with Gasteiger partial charge in [0.2, 0.25) is 17.7 Å². The van der Waals surface area contributed by atoms with Crippen LogP contribution in [0.1, 0.15) is 104 Å².